The van der Waals surface area contributed by atoms with E-state index in [0.717, 1.165) is 10.9 Å². The zero-order valence-corrected chi connectivity index (χ0v) is 16.2. The van der Waals surface area contributed by atoms with Crippen LogP contribution >= 0.6 is 21.4 Å². The number of rotatable bonds is 2. The van der Waals surface area contributed by atoms with Crippen molar-refractivity contribution in [1.29, 1.82) is 0 Å². The van der Waals surface area contributed by atoms with Crippen molar-refractivity contribution in [3.05, 3.63) is 72.3 Å². The second-order valence-corrected chi connectivity index (χ2v) is 10.3. The SMILES string of the molecule is Cc1ccc(S(=O)(=O)Cl)cc1.O=S(=O)(Cl)c1cccc2ccccc12. The van der Waals surface area contributed by atoms with Gasteiger partial charge >= 0.3 is 0 Å². The maximum absolute atomic E-state index is 11.2. The zero-order chi connectivity index (χ0) is 18.7. The van der Waals surface area contributed by atoms with Gasteiger partial charge in [-0.05, 0) is 30.5 Å². The van der Waals surface area contributed by atoms with Gasteiger partial charge < -0.3 is 0 Å². The van der Waals surface area contributed by atoms with Crippen LogP contribution in [0.2, 0.25) is 0 Å². The standard InChI is InChI=1S/C10H7ClO2S.C7H7ClO2S/c11-14(12,13)10-7-3-5-8-4-1-2-6-9(8)10;1-6-2-4-7(5-3-6)11(8,9)10/h1-7H;2-5H,1H3. The van der Waals surface area contributed by atoms with E-state index in [4.69, 9.17) is 21.4 Å². The highest BCUT2D eigenvalue weighted by molar-refractivity contribution is 8.14. The van der Waals surface area contributed by atoms with Crippen molar-refractivity contribution in [2.24, 2.45) is 0 Å². The Kier molecular flexibility index (Phi) is 6.11. The molecule has 0 atom stereocenters. The Morgan fingerprint density at radius 3 is 1.80 bits per heavy atom. The highest BCUT2D eigenvalue weighted by atomic mass is 35.7. The van der Waals surface area contributed by atoms with Crippen LogP contribution in [0.4, 0.5) is 0 Å². The molecule has 132 valence electrons. The molecule has 0 saturated heterocycles. The number of halogens is 2. The zero-order valence-electron chi connectivity index (χ0n) is 13.1. The van der Waals surface area contributed by atoms with Gasteiger partial charge in [0.2, 0.25) is 0 Å². The van der Waals surface area contributed by atoms with Crippen molar-refractivity contribution in [2.75, 3.05) is 0 Å². The van der Waals surface area contributed by atoms with Gasteiger partial charge in [-0.25, -0.2) is 16.8 Å². The molecule has 0 fully saturated rings. The average molecular weight is 417 g/mol. The Morgan fingerprint density at radius 1 is 0.680 bits per heavy atom. The smallest absolute Gasteiger partial charge is 0.207 e. The first-order valence-electron chi connectivity index (χ1n) is 7.03. The molecule has 0 aliphatic carbocycles. The van der Waals surface area contributed by atoms with Gasteiger partial charge in [0.15, 0.2) is 0 Å². The first-order valence-corrected chi connectivity index (χ1v) is 11.6. The lowest BCUT2D eigenvalue weighted by Crippen LogP contribution is -1.91. The molecule has 0 unspecified atom stereocenters. The van der Waals surface area contributed by atoms with E-state index in [-0.39, 0.29) is 9.79 Å². The fourth-order valence-corrected chi connectivity index (χ4v) is 3.97. The lowest BCUT2D eigenvalue weighted by Gasteiger charge is -2.01. The summed E-state index contributed by atoms with van der Waals surface area (Å²) in [7, 11) is 3.19. The van der Waals surface area contributed by atoms with Crippen LogP contribution in [-0.2, 0) is 18.1 Å². The summed E-state index contributed by atoms with van der Waals surface area (Å²) < 4.78 is 43.8. The van der Waals surface area contributed by atoms with Gasteiger partial charge in [-0.1, -0.05) is 54.1 Å². The molecule has 3 rings (SSSR count). The van der Waals surface area contributed by atoms with E-state index < -0.39 is 18.1 Å². The fraction of sp³-hybridized carbons (Fsp3) is 0.0588. The maximum atomic E-state index is 11.2. The molecule has 0 saturated carbocycles. The summed E-state index contributed by atoms with van der Waals surface area (Å²) in [5, 5.41) is 1.53. The molecule has 0 radical (unpaired) electrons. The largest absolute Gasteiger partial charge is 0.261 e. The van der Waals surface area contributed by atoms with E-state index in [1.165, 1.54) is 18.2 Å². The number of hydrogen-bond acceptors (Lipinski definition) is 4. The minimum Gasteiger partial charge on any atom is -0.207 e. The highest BCUT2D eigenvalue weighted by Crippen LogP contribution is 2.25. The normalized spacial score (nSPS) is 11.6. The van der Waals surface area contributed by atoms with Crippen molar-refractivity contribution in [3.8, 4) is 0 Å². The van der Waals surface area contributed by atoms with Gasteiger partial charge in [-0.3, -0.25) is 0 Å². The van der Waals surface area contributed by atoms with Crippen LogP contribution in [0.15, 0.2) is 76.5 Å². The third kappa shape index (κ3) is 5.44. The van der Waals surface area contributed by atoms with Gasteiger partial charge in [-0.2, -0.15) is 0 Å². The van der Waals surface area contributed by atoms with Gasteiger partial charge in [0.1, 0.15) is 0 Å². The van der Waals surface area contributed by atoms with Crippen LogP contribution in [0.1, 0.15) is 5.56 Å². The molecular formula is C17H14Cl2O4S2. The molecule has 25 heavy (non-hydrogen) atoms. The van der Waals surface area contributed by atoms with Crippen LogP contribution in [0.3, 0.4) is 0 Å². The number of aryl methyl sites for hydroxylation is 1. The molecule has 8 heteroatoms. The van der Waals surface area contributed by atoms with Gasteiger partial charge in [0, 0.05) is 26.8 Å². The second kappa shape index (κ2) is 7.74. The van der Waals surface area contributed by atoms with E-state index in [0.29, 0.717) is 5.39 Å². The summed E-state index contributed by atoms with van der Waals surface area (Å²) in [5.41, 5.74) is 1.01. The molecule has 0 spiro atoms. The number of hydrogen-bond donors (Lipinski definition) is 0. The van der Waals surface area contributed by atoms with Gasteiger partial charge in [0.25, 0.3) is 18.1 Å². The average Bonchev–Trinajstić information content (AvgIpc) is 2.53. The van der Waals surface area contributed by atoms with Crippen LogP contribution in [0.5, 0.6) is 0 Å². The molecule has 0 amide bonds. The molecule has 0 N–H and O–H groups in total. The lowest BCUT2D eigenvalue weighted by molar-refractivity contribution is 0.608. The summed E-state index contributed by atoms with van der Waals surface area (Å²) in [6.07, 6.45) is 0. The number of benzene rings is 3. The van der Waals surface area contributed by atoms with E-state index in [1.807, 2.05) is 25.1 Å². The monoisotopic (exact) mass is 416 g/mol. The first kappa shape index (κ1) is 19.7. The molecular weight excluding hydrogens is 403 g/mol. The Balaban J connectivity index is 0.000000186. The van der Waals surface area contributed by atoms with E-state index in [2.05, 4.69) is 0 Å². The van der Waals surface area contributed by atoms with Crippen molar-refractivity contribution >= 4 is 50.2 Å². The van der Waals surface area contributed by atoms with Crippen LogP contribution < -0.4 is 0 Å². The first-order chi connectivity index (χ1) is 11.6. The molecule has 0 heterocycles. The van der Waals surface area contributed by atoms with E-state index in [1.54, 1.807) is 30.3 Å². The molecule has 0 aliphatic heterocycles. The van der Waals surface area contributed by atoms with Crippen LogP contribution in [-0.4, -0.2) is 16.8 Å². The lowest BCUT2D eigenvalue weighted by atomic mass is 10.1. The third-order valence-electron chi connectivity index (χ3n) is 3.31. The summed E-state index contributed by atoms with van der Waals surface area (Å²) in [4.78, 5) is 0.307. The van der Waals surface area contributed by atoms with Crippen molar-refractivity contribution in [3.63, 3.8) is 0 Å². The van der Waals surface area contributed by atoms with Crippen LogP contribution in [0, 0.1) is 6.92 Å². The molecule has 0 aliphatic rings. The summed E-state index contributed by atoms with van der Waals surface area (Å²) >= 11 is 0. The molecule has 4 nitrogen and oxygen atoms in total. The Hall–Kier alpha value is -1.60. The highest BCUT2D eigenvalue weighted by Gasteiger charge is 2.12. The summed E-state index contributed by atoms with van der Waals surface area (Å²) in [6.45, 7) is 1.88. The van der Waals surface area contributed by atoms with Crippen molar-refractivity contribution in [1.82, 2.24) is 0 Å². The Bertz CT molecular complexity index is 1090. The Morgan fingerprint density at radius 2 is 1.24 bits per heavy atom. The quantitative estimate of drug-likeness (QED) is 0.568. The fourth-order valence-electron chi connectivity index (χ4n) is 2.11. The maximum Gasteiger partial charge on any atom is 0.261 e. The summed E-state index contributed by atoms with van der Waals surface area (Å²) in [6, 6.07) is 18.6. The van der Waals surface area contributed by atoms with E-state index >= 15 is 0 Å². The minimum absolute atomic E-state index is 0.143. The predicted molar refractivity (Wildman–Crippen MR) is 101 cm³/mol. The summed E-state index contributed by atoms with van der Waals surface area (Å²) in [5.74, 6) is 0. The van der Waals surface area contributed by atoms with Crippen LogP contribution in [0.25, 0.3) is 10.8 Å². The molecule has 3 aromatic carbocycles. The topological polar surface area (TPSA) is 68.3 Å². The minimum atomic E-state index is -3.66. The van der Waals surface area contributed by atoms with E-state index in [9.17, 15) is 16.8 Å². The predicted octanol–water partition coefficient (Wildman–Crippen LogP) is 4.69. The molecule has 0 bridgehead atoms. The van der Waals surface area contributed by atoms with Crippen molar-refractivity contribution < 1.29 is 16.8 Å². The van der Waals surface area contributed by atoms with Gasteiger partial charge in [-0.15, -0.1) is 0 Å². The molecule has 0 aromatic heterocycles. The Labute approximate surface area is 155 Å². The second-order valence-electron chi connectivity index (χ2n) is 5.17. The van der Waals surface area contributed by atoms with Crippen molar-refractivity contribution in [2.45, 2.75) is 16.7 Å². The van der Waals surface area contributed by atoms with Gasteiger partial charge in [0.05, 0.1) is 9.79 Å². The number of fused-ring (bicyclic) bond motifs is 1. The molecule has 3 aromatic rings. The third-order valence-corrected chi connectivity index (χ3v) is 6.06.